The average Bonchev–Trinajstić information content (AvgIpc) is 2.95. The lowest BCUT2D eigenvalue weighted by Crippen LogP contribution is -2.40. The smallest absolute Gasteiger partial charge is 0.158 e. The van der Waals surface area contributed by atoms with Crippen molar-refractivity contribution in [1.29, 1.82) is 0 Å². The number of rotatable bonds is 5. The fraction of sp³-hybridized carbons (Fsp3) is 0.857. The average molecular weight is 284 g/mol. The number of nitrogens with one attached hydrogen (secondary N) is 1. The Kier molecular flexibility index (Phi) is 5.27. The van der Waals surface area contributed by atoms with Crippen LogP contribution in [0.4, 0.5) is 0 Å². The van der Waals surface area contributed by atoms with E-state index in [9.17, 15) is 0 Å². The SMILES string of the molecule is C1=C(COC2CCCCO2)NOC1CN1CCOCC1. The zero-order chi connectivity index (χ0) is 13.6. The molecule has 0 aromatic rings. The van der Waals surface area contributed by atoms with Crippen molar-refractivity contribution in [2.45, 2.75) is 31.7 Å². The summed E-state index contributed by atoms with van der Waals surface area (Å²) in [5, 5.41) is 0. The van der Waals surface area contributed by atoms with E-state index >= 15 is 0 Å². The molecule has 6 heteroatoms. The molecule has 0 spiro atoms. The van der Waals surface area contributed by atoms with E-state index in [1.165, 1.54) is 6.42 Å². The molecule has 3 aliphatic heterocycles. The van der Waals surface area contributed by atoms with E-state index in [4.69, 9.17) is 19.0 Å². The van der Waals surface area contributed by atoms with Crippen LogP contribution in [-0.4, -0.2) is 63.4 Å². The van der Waals surface area contributed by atoms with E-state index in [-0.39, 0.29) is 12.4 Å². The maximum Gasteiger partial charge on any atom is 0.158 e. The van der Waals surface area contributed by atoms with Gasteiger partial charge in [-0.2, -0.15) is 0 Å². The van der Waals surface area contributed by atoms with Crippen LogP contribution in [0.3, 0.4) is 0 Å². The fourth-order valence-corrected chi connectivity index (χ4v) is 2.67. The van der Waals surface area contributed by atoms with Gasteiger partial charge in [-0.25, -0.2) is 0 Å². The minimum atomic E-state index is -0.0512. The van der Waals surface area contributed by atoms with Crippen LogP contribution in [0, 0.1) is 0 Å². The molecule has 0 amide bonds. The van der Waals surface area contributed by atoms with Gasteiger partial charge < -0.3 is 14.2 Å². The van der Waals surface area contributed by atoms with E-state index in [2.05, 4.69) is 16.5 Å². The lowest BCUT2D eigenvalue weighted by atomic mass is 10.2. The van der Waals surface area contributed by atoms with Crippen LogP contribution in [0.25, 0.3) is 0 Å². The van der Waals surface area contributed by atoms with Crippen molar-refractivity contribution in [2.75, 3.05) is 46.1 Å². The number of ether oxygens (including phenoxy) is 3. The molecule has 114 valence electrons. The molecule has 2 atom stereocenters. The van der Waals surface area contributed by atoms with Crippen molar-refractivity contribution < 1.29 is 19.0 Å². The predicted molar refractivity (Wildman–Crippen MR) is 72.9 cm³/mol. The summed E-state index contributed by atoms with van der Waals surface area (Å²) in [7, 11) is 0. The Bertz CT molecular complexity index is 325. The Morgan fingerprint density at radius 2 is 2.15 bits per heavy atom. The van der Waals surface area contributed by atoms with Gasteiger partial charge in [-0.15, -0.1) is 0 Å². The molecule has 2 fully saturated rings. The summed E-state index contributed by atoms with van der Waals surface area (Å²) in [6.07, 6.45) is 5.48. The molecule has 3 heterocycles. The van der Waals surface area contributed by atoms with E-state index in [1.54, 1.807) is 0 Å². The second-order valence-electron chi connectivity index (χ2n) is 5.47. The molecule has 0 bridgehead atoms. The minimum absolute atomic E-state index is 0.0512. The van der Waals surface area contributed by atoms with Gasteiger partial charge in [0.2, 0.25) is 0 Å². The Labute approximate surface area is 119 Å². The van der Waals surface area contributed by atoms with Gasteiger partial charge in [-0.05, 0) is 25.3 Å². The van der Waals surface area contributed by atoms with Crippen molar-refractivity contribution in [3.05, 3.63) is 11.8 Å². The van der Waals surface area contributed by atoms with Crippen molar-refractivity contribution in [3.8, 4) is 0 Å². The molecule has 0 aromatic heterocycles. The van der Waals surface area contributed by atoms with Crippen molar-refractivity contribution in [2.24, 2.45) is 0 Å². The molecule has 0 aliphatic carbocycles. The summed E-state index contributed by atoms with van der Waals surface area (Å²) in [6.45, 7) is 5.85. The standard InChI is InChI=1S/C14H24N2O4/c1-2-6-18-14(3-1)19-11-12-9-13(20-15-12)10-16-4-7-17-8-5-16/h9,13-15H,1-8,10-11H2. The first-order chi connectivity index (χ1) is 9.90. The third-order valence-electron chi connectivity index (χ3n) is 3.83. The molecule has 3 rings (SSSR count). The topological polar surface area (TPSA) is 52.2 Å². The Balaban J connectivity index is 1.38. The maximum absolute atomic E-state index is 5.74. The van der Waals surface area contributed by atoms with Crippen LogP contribution in [0.1, 0.15) is 19.3 Å². The van der Waals surface area contributed by atoms with Crippen LogP contribution in [0.15, 0.2) is 11.8 Å². The lowest BCUT2D eigenvalue weighted by molar-refractivity contribution is -0.158. The first kappa shape index (κ1) is 14.3. The molecule has 0 saturated carbocycles. The molecule has 6 nitrogen and oxygen atoms in total. The molecule has 3 aliphatic rings. The summed E-state index contributed by atoms with van der Waals surface area (Å²) < 4.78 is 16.6. The second-order valence-corrected chi connectivity index (χ2v) is 5.47. The Morgan fingerprint density at radius 3 is 2.95 bits per heavy atom. The van der Waals surface area contributed by atoms with Gasteiger partial charge in [0.05, 0.1) is 25.5 Å². The van der Waals surface area contributed by atoms with Gasteiger partial charge in [-0.1, -0.05) is 0 Å². The van der Waals surface area contributed by atoms with Crippen LogP contribution < -0.4 is 5.48 Å². The molecule has 20 heavy (non-hydrogen) atoms. The van der Waals surface area contributed by atoms with Gasteiger partial charge in [0.25, 0.3) is 0 Å². The monoisotopic (exact) mass is 284 g/mol. The van der Waals surface area contributed by atoms with Crippen LogP contribution in [-0.2, 0) is 19.0 Å². The highest BCUT2D eigenvalue weighted by molar-refractivity contribution is 5.07. The zero-order valence-electron chi connectivity index (χ0n) is 11.9. The van der Waals surface area contributed by atoms with E-state index in [1.807, 2.05) is 0 Å². The van der Waals surface area contributed by atoms with E-state index < -0.39 is 0 Å². The van der Waals surface area contributed by atoms with Crippen LogP contribution in [0.2, 0.25) is 0 Å². The minimum Gasteiger partial charge on any atom is -0.379 e. The maximum atomic E-state index is 5.74. The Morgan fingerprint density at radius 1 is 1.25 bits per heavy atom. The summed E-state index contributed by atoms with van der Waals surface area (Å²) in [5.74, 6) is 0. The summed E-state index contributed by atoms with van der Waals surface area (Å²) >= 11 is 0. The Hall–Kier alpha value is -0.660. The highest BCUT2D eigenvalue weighted by atomic mass is 16.7. The molecule has 2 saturated heterocycles. The van der Waals surface area contributed by atoms with E-state index in [0.717, 1.165) is 58.0 Å². The fourth-order valence-electron chi connectivity index (χ4n) is 2.67. The van der Waals surface area contributed by atoms with Gasteiger partial charge in [-0.3, -0.25) is 15.2 Å². The van der Waals surface area contributed by atoms with Crippen molar-refractivity contribution >= 4 is 0 Å². The van der Waals surface area contributed by atoms with Gasteiger partial charge in [0.15, 0.2) is 6.29 Å². The van der Waals surface area contributed by atoms with Gasteiger partial charge in [0.1, 0.15) is 6.10 Å². The normalized spacial score (nSPS) is 31.9. The number of hydroxylamine groups is 1. The number of morpholine rings is 1. The quantitative estimate of drug-likeness (QED) is 0.800. The summed E-state index contributed by atoms with van der Waals surface area (Å²) in [4.78, 5) is 7.92. The number of hydrogen-bond acceptors (Lipinski definition) is 6. The molecule has 0 aromatic carbocycles. The molecular formula is C14H24N2O4. The molecule has 2 unspecified atom stereocenters. The third kappa shape index (κ3) is 4.17. The molecule has 0 radical (unpaired) electrons. The zero-order valence-corrected chi connectivity index (χ0v) is 11.9. The van der Waals surface area contributed by atoms with Crippen LogP contribution >= 0.6 is 0 Å². The highest BCUT2D eigenvalue weighted by Crippen LogP contribution is 2.16. The third-order valence-corrected chi connectivity index (χ3v) is 3.83. The van der Waals surface area contributed by atoms with Gasteiger partial charge >= 0.3 is 0 Å². The largest absolute Gasteiger partial charge is 0.379 e. The van der Waals surface area contributed by atoms with Gasteiger partial charge in [0, 0.05) is 26.2 Å². The van der Waals surface area contributed by atoms with Crippen molar-refractivity contribution in [1.82, 2.24) is 10.4 Å². The highest BCUT2D eigenvalue weighted by Gasteiger charge is 2.22. The van der Waals surface area contributed by atoms with E-state index in [0.29, 0.717) is 6.61 Å². The molecular weight excluding hydrogens is 260 g/mol. The number of hydrogen-bond donors (Lipinski definition) is 1. The predicted octanol–water partition coefficient (Wildman–Crippen LogP) is 0.649. The first-order valence-electron chi connectivity index (χ1n) is 7.56. The lowest BCUT2D eigenvalue weighted by Gasteiger charge is -2.27. The molecule has 1 N–H and O–H groups in total. The van der Waals surface area contributed by atoms with Crippen molar-refractivity contribution in [3.63, 3.8) is 0 Å². The summed E-state index contributed by atoms with van der Waals surface area (Å²) in [5.41, 5.74) is 3.96. The number of nitrogens with zero attached hydrogens (tertiary/aromatic N) is 1. The summed E-state index contributed by atoms with van der Waals surface area (Å²) in [6, 6.07) is 0. The van der Waals surface area contributed by atoms with Crippen LogP contribution in [0.5, 0.6) is 0 Å². The first-order valence-corrected chi connectivity index (χ1v) is 7.56. The second kappa shape index (κ2) is 7.38.